The van der Waals surface area contributed by atoms with Gasteiger partial charge in [-0.1, -0.05) is 284 Å². The summed E-state index contributed by atoms with van der Waals surface area (Å²) < 4.78 is 22.9. The number of rotatable bonds is 57. The lowest BCUT2D eigenvalue weighted by molar-refractivity contribution is -0.870. The van der Waals surface area contributed by atoms with Crippen molar-refractivity contribution in [2.75, 3.05) is 47.5 Å². The number of likely N-dealkylation sites (N-methyl/N-ethyl adjacent to an activating group) is 1. The first-order valence-electron chi connectivity index (χ1n) is 30.2. The number of ether oxygens (including phenoxy) is 4. The van der Waals surface area contributed by atoms with Crippen molar-refractivity contribution in [2.24, 2.45) is 0 Å². The van der Waals surface area contributed by atoms with E-state index in [1.165, 1.54) is 244 Å². The predicted molar refractivity (Wildman–Crippen MR) is 291 cm³/mol. The second-order valence-electron chi connectivity index (χ2n) is 22.0. The van der Waals surface area contributed by atoms with Crippen LogP contribution in [0.1, 0.15) is 309 Å². The monoisotopic (exact) mass is 981 g/mol. The van der Waals surface area contributed by atoms with E-state index in [1.54, 1.807) is 0 Å². The number of carboxylic acid groups (broad SMARTS) is 1. The maximum atomic E-state index is 12.9. The van der Waals surface area contributed by atoms with Crippen molar-refractivity contribution < 1.29 is 42.9 Å². The van der Waals surface area contributed by atoms with Crippen LogP contribution in [0.3, 0.4) is 0 Å². The molecule has 0 amide bonds. The highest BCUT2D eigenvalue weighted by Crippen LogP contribution is 2.18. The molecule has 0 saturated carbocycles. The Morgan fingerprint density at radius 2 is 0.652 bits per heavy atom. The van der Waals surface area contributed by atoms with Crippen LogP contribution in [0.15, 0.2) is 0 Å². The van der Waals surface area contributed by atoms with Gasteiger partial charge in [-0.2, -0.15) is 0 Å². The number of nitrogens with zero attached hydrogens (tertiary/aromatic N) is 1. The standard InChI is InChI=1S/C60H117NO8/c1-6-8-10-12-14-16-18-20-22-24-26-27-28-29-30-31-33-35-37-39-41-43-45-47-49-51-58(63)69-56(55-68-60(59(64)65)66-53-52-61(3,4)5)54-67-57(62)50-48-46-44-42-40-38-36-34-32-25-23-21-19-17-15-13-11-9-7-2/h56,60H,6-55H2,1-5H3/p+1. The largest absolute Gasteiger partial charge is 0.477 e. The Hall–Kier alpha value is -1.71. The SMILES string of the molecule is CCCCCCCCCCCCCCCCCCCCCCCCCCCC(=O)OC(COC(=O)CCCCCCCCCCCCCCCCCCCCC)COC(OCC[N+](C)(C)C)C(=O)O. The van der Waals surface area contributed by atoms with E-state index in [0.29, 0.717) is 17.4 Å². The molecular formula is C60H118NO8+. The lowest BCUT2D eigenvalue weighted by atomic mass is 10.0. The second kappa shape index (κ2) is 52.6. The first-order valence-corrected chi connectivity index (χ1v) is 30.2. The first kappa shape index (κ1) is 67.3. The number of unbranched alkanes of at least 4 members (excludes halogenated alkanes) is 42. The number of quaternary nitrogens is 1. The van der Waals surface area contributed by atoms with E-state index in [4.69, 9.17) is 18.9 Å². The lowest BCUT2D eigenvalue weighted by Crippen LogP contribution is -2.40. The Bertz CT molecular complexity index is 1100. The van der Waals surface area contributed by atoms with Crippen LogP contribution in [-0.4, -0.2) is 87.4 Å². The third-order valence-corrected chi connectivity index (χ3v) is 13.9. The van der Waals surface area contributed by atoms with Crippen LogP contribution < -0.4 is 0 Å². The smallest absolute Gasteiger partial charge is 0.361 e. The van der Waals surface area contributed by atoms with Gasteiger partial charge in [0.15, 0.2) is 6.10 Å². The van der Waals surface area contributed by atoms with Gasteiger partial charge in [0, 0.05) is 12.8 Å². The molecule has 0 rings (SSSR count). The van der Waals surface area contributed by atoms with Crippen molar-refractivity contribution in [2.45, 2.75) is 322 Å². The van der Waals surface area contributed by atoms with Crippen molar-refractivity contribution in [1.82, 2.24) is 0 Å². The van der Waals surface area contributed by atoms with Crippen LogP contribution in [0, 0.1) is 0 Å². The van der Waals surface area contributed by atoms with Gasteiger partial charge in [-0.3, -0.25) is 9.59 Å². The highest BCUT2D eigenvalue weighted by molar-refractivity contribution is 5.71. The molecule has 69 heavy (non-hydrogen) atoms. The highest BCUT2D eigenvalue weighted by atomic mass is 16.7. The molecule has 0 aromatic carbocycles. The number of hydrogen-bond donors (Lipinski definition) is 1. The van der Waals surface area contributed by atoms with E-state index in [1.807, 2.05) is 21.1 Å². The summed E-state index contributed by atoms with van der Waals surface area (Å²) in [6.07, 6.45) is 56.1. The van der Waals surface area contributed by atoms with E-state index in [0.717, 1.165) is 38.5 Å². The quantitative estimate of drug-likeness (QED) is 0.0278. The molecule has 1 N–H and O–H groups in total. The zero-order valence-corrected chi connectivity index (χ0v) is 46.8. The molecule has 0 aromatic heterocycles. The molecule has 0 aliphatic rings. The summed E-state index contributed by atoms with van der Waals surface area (Å²) in [5.74, 6) is -1.97. The molecular weight excluding hydrogens is 863 g/mol. The van der Waals surface area contributed by atoms with Gasteiger partial charge < -0.3 is 28.5 Å². The van der Waals surface area contributed by atoms with Gasteiger partial charge >= 0.3 is 17.9 Å². The Balaban J connectivity index is 4.15. The van der Waals surface area contributed by atoms with Crippen molar-refractivity contribution >= 4 is 17.9 Å². The Labute approximate surface area is 428 Å². The molecule has 0 heterocycles. The minimum absolute atomic E-state index is 0.172. The number of carbonyl (C=O) groups excluding carboxylic acids is 2. The molecule has 2 atom stereocenters. The van der Waals surface area contributed by atoms with Gasteiger partial charge in [-0.25, -0.2) is 4.79 Å². The van der Waals surface area contributed by atoms with Crippen molar-refractivity contribution in [3.05, 3.63) is 0 Å². The zero-order chi connectivity index (χ0) is 50.6. The second-order valence-corrected chi connectivity index (χ2v) is 22.0. The maximum absolute atomic E-state index is 12.9. The van der Waals surface area contributed by atoms with E-state index in [2.05, 4.69) is 13.8 Å². The van der Waals surface area contributed by atoms with Gasteiger partial charge in [0.2, 0.25) is 0 Å². The van der Waals surface area contributed by atoms with Gasteiger partial charge in [-0.15, -0.1) is 0 Å². The van der Waals surface area contributed by atoms with Crippen LogP contribution in [0.2, 0.25) is 0 Å². The van der Waals surface area contributed by atoms with Gasteiger partial charge in [0.1, 0.15) is 13.2 Å². The Morgan fingerprint density at radius 1 is 0.377 bits per heavy atom. The fourth-order valence-corrected chi connectivity index (χ4v) is 9.19. The molecule has 0 aliphatic carbocycles. The van der Waals surface area contributed by atoms with Crippen molar-refractivity contribution in [3.63, 3.8) is 0 Å². The van der Waals surface area contributed by atoms with Crippen LogP contribution in [0.5, 0.6) is 0 Å². The first-order chi connectivity index (χ1) is 33.6. The van der Waals surface area contributed by atoms with E-state index in [-0.39, 0.29) is 38.2 Å². The summed E-state index contributed by atoms with van der Waals surface area (Å²) in [6, 6.07) is 0. The molecule has 0 bridgehead atoms. The average Bonchev–Trinajstić information content (AvgIpc) is 3.31. The highest BCUT2D eigenvalue weighted by Gasteiger charge is 2.25. The number of carbonyl (C=O) groups is 3. The molecule has 9 nitrogen and oxygen atoms in total. The summed E-state index contributed by atoms with van der Waals surface area (Å²) in [7, 11) is 5.99. The van der Waals surface area contributed by atoms with Crippen LogP contribution >= 0.6 is 0 Å². The molecule has 0 saturated heterocycles. The minimum atomic E-state index is -1.50. The molecule has 0 aliphatic heterocycles. The van der Waals surface area contributed by atoms with Crippen molar-refractivity contribution in [1.29, 1.82) is 0 Å². The zero-order valence-electron chi connectivity index (χ0n) is 46.8. The lowest BCUT2D eigenvalue weighted by Gasteiger charge is -2.25. The van der Waals surface area contributed by atoms with E-state index >= 15 is 0 Å². The van der Waals surface area contributed by atoms with E-state index in [9.17, 15) is 19.5 Å². The summed E-state index contributed by atoms with van der Waals surface area (Å²) in [5.41, 5.74) is 0. The summed E-state index contributed by atoms with van der Waals surface area (Å²) in [6.45, 7) is 4.95. The Kier molecular flexibility index (Phi) is 51.3. The minimum Gasteiger partial charge on any atom is -0.477 e. The van der Waals surface area contributed by atoms with Gasteiger partial charge in [-0.05, 0) is 12.8 Å². The molecule has 410 valence electrons. The molecule has 0 spiro atoms. The average molecular weight is 982 g/mol. The van der Waals surface area contributed by atoms with Crippen LogP contribution in [-0.2, 0) is 33.3 Å². The van der Waals surface area contributed by atoms with Crippen LogP contribution in [0.25, 0.3) is 0 Å². The normalized spacial score (nSPS) is 12.7. The van der Waals surface area contributed by atoms with Gasteiger partial charge in [0.05, 0.1) is 34.4 Å². The van der Waals surface area contributed by atoms with Gasteiger partial charge in [0.25, 0.3) is 6.29 Å². The fraction of sp³-hybridized carbons (Fsp3) is 0.950. The third-order valence-electron chi connectivity index (χ3n) is 13.9. The number of aliphatic carboxylic acids is 1. The topological polar surface area (TPSA) is 108 Å². The predicted octanol–water partition coefficient (Wildman–Crippen LogP) is 17.6. The maximum Gasteiger partial charge on any atom is 0.361 e. The number of esters is 2. The molecule has 2 unspecified atom stereocenters. The summed E-state index contributed by atoms with van der Waals surface area (Å²) >= 11 is 0. The molecule has 0 fully saturated rings. The molecule has 0 radical (unpaired) electrons. The summed E-state index contributed by atoms with van der Waals surface area (Å²) in [5, 5.41) is 9.70. The van der Waals surface area contributed by atoms with E-state index < -0.39 is 18.4 Å². The van der Waals surface area contributed by atoms with Crippen molar-refractivity contribution in [3.8, 4) is 0 Å². The molecule has 0 aromatic rings. The number of hydrogen-bond acceptors (Lipinski definition) is 7. The third kappa shape index (κ3) is 53.9. The van der Waals surface area contributed by atoms with Crippen LogP contribution in [0.4, 0.5) is 0 Å². The summed E-state index contributed by atoms with van der Waals surface area (Å²) in [4.78, 5) is 37.4. The number of carboxylic acids is 1. The molecule has 9 heteroatoms. The fourth-order valence-electron chi connectivity index (χ4n) is 9.19. The Morgan fingerprint density at radius 3 is 0.928 bits per heavy atom.